The fraction of sp³-hybridized carbons (Fsp3) is 0.917. The minimum atomic E-state index is 0.113. The fourth-order valence-electron chi connectivity index (χ4n) is 1.99. The highest BCUT2D eigenvalue weighted by Gasteiger charge is 2.15. The van der Waals surface area contributed by atoms with E-state index >= 15 is 0 Å². The van der Waals surface area contributed by atoms with Gasteiger partial charge < -0.3 is 15.4 Å². The fourth-order valence-corrected chi connectivity index (χ4v) is 1.99. The number of nitrogens with one attached hydrogen (secondary N) is 2. The van der Waals surface area contributed by atoms with E-state index in [1.165, 1.54) is 6.42 Å². The van der Waals surface area contributed by atoms with Crippen molar-refractivity contribution in [3.05, 3.63) is 0 Å². The quantitative estimate of drug-likeness (QED) is 0.681. The number of carbonyl (C=O) groups is 1. The number of hydrogen-bond donors (Lipinski definition) is 2. The molecule has 0 bridgehead atoms. The van der Waals surface area contributed by atoms with Crippen LogP contribution in [0.3, 0.4) is 0 Å². The van der Waals surface area contributed by atoms with Gasteiger partial charge in [0, 0.05) is 19.6 Å². The van der Waals surface area contributed by atoms with E-state index in [0.29, 0.717) is 25.5 Å². The maximum Gasteiger partial charge on any atom is 0.220 e. The summed E-state index contributed by atoms with van der Waals surface area (Å²) in [4.78, 5) is 11.5. The van der Waals surface area contributed by atoms with Gasteiger partial charge in [0.15, 0.2) is 0 Å². The van der Waals surface area contributed by atoms with Gasteiger partial charge in [0.2, 0.25) is 5.91 Å². The zero-order valence-corrected chi connectivity index (χ0v) is 10.4. The summed E-state index contributed by atoms with van der Waals surface area (Å²) in [5.41, 5.74) is 0. The highest BCUT2D eigenvalue weighted by molar-refractivity contribution is 5.75. The van der Waals surface area contributed by atoms with Crippen LogP contribution in [0.15, 0.2) is 0 Å². The van der Waals surface area contributed by atoms with Gasteiger partial charge in [-0.2, -0.15) is 0 Å². The van der Waals surface area contributed by atoms with Crippen molar-refractivity contribution in [1.29, 1.82) is 0 Å². The average molecular weight is 228 g/mol. The molecule has 0 aromatic heterocycles. The molecule has 1 aliphatic rings. The van der Waals surface area contributed by atoms with Crippen LogP contribution in [0, 0.1) is 5.92 Å². The molecule has 1 rings (SSSR count). The Hall–Kier alpha value is -0.610. The Morgan fingerprint density at radius 1 is 1.62 bits per heavy atom. The Kier molecular flexibility index (Phi) is 6.42. The van der Waals surface area contributed by atoms with E-state index in [1.807, 2.05) is 13.8 Å². The van der Waals surface area contributed by atoms with Crippen molar-refractivity contribution in [2.24, 2.45) is 5.92 Å². The van der Waals surface area contributed by atoms with Crippen LogP contribution < -0.4 is 10.6 Å². The minimum Gasteiger partial charge on any atom is -0.377 e. The lowest BCUT2D eigenvalue weighted by molar-refractivity contribution is -0.122. The van der Waals surface area contributed by atoms with E-state index < -0.39 is 0 Å². The number of rotatable bonds is 7. The molecule has 1 heterocycles. The van der Waals surface area contributed by atoms with Crippen LogP contribution in [0.5, 0.6) is 0 Å². The summed E-state index contributed by atoms with van der Waals surface area (Å²) in [5.74, 6) is 0.841. The monoisotopic (exact) mass is 228 g/mol. The normalized spacial score (nSPS) is 22.0. The first kappa shape index (κ1) is 13.5. The van der Waals surface area contributed by atoms with Gasteiger partial charge in [-0.1, -0.05) is 0 Å². The predicted octanol–water partition coefficient (Wildman–Crippen LogP) is 0.917. The number of ether oxygens (including phenoxy) is 1. The molecule has 2 N–H and O–H groups in total. The lowest BCUT2D eigenvalue weighted by Gasteiger charge is -2.13. The Bertz CT molecular complexity index is 203. The first-order valence-corrected chi connectivity index (χ1v) is 6.31. The molecule has 4 heteroatoms. The second-order valence-electron chi connectivity index (χ2n) is 4.47. The van der Waals surface area contributed by atoms with E-state index in [9.17, 15) is 4.79 Å². The first-order valence-electron chi connectivity index (χ1n) is 6.31. The summed E-state index contributed by atoms with van der Waals surface area (Å²) < 4.78 is 5.35. The van der Waals surface area contributed by atoms with E-state index in [2.05, 4.69) is 10.6 Å². The molecule has 1 amide bonds. The van der Waals surface area contributed by atoms with Crippen LogP contribution in [0.2, 0.25) is 0 Å². The summed E-state index contributed by atoms with van der Waals surface area (Å²) in [6.45, 7) is 7.44. The van der Waals surface area contributed by atoms with Crippen LogP contribution in [0.25, 0.3) is 0 Å². The molecule has 0 radical (unpaired) electrons. The summed E-state index contributed by atoms with van der Waals surface area (Å²) in [7, 11) is 0. The van der Waals surface area contributed by atoms with E-state index in [-0.39, 0.29) is 12.0 Å². The van der Waals surface area contributed by atoms with Gasteiger partial charge in [0.1, 0.15) is 0 Å². The van der Waals surface area contributed by atoms with Crippen LogP contribution in [0.4, 0.5) is 0 Å². The van der Waals surface area contributed by atoms with Crippen molar-refractivity contribution in [1.82, 2.24) is 10.6 Å². The highest BCUT2D eigenvalue weighted by atomic mass is 16.5. The van der Waals surface area contributed by atoms with E-state index in [0.717, 1.165) is 19.5 Å². The van der Waals surface area contributed by atoms with Gasteiger partial charge in [-0.15, -0.1) is 0 Å². The van der Waals surface area contributed by atoms with Gasteiger partial charge in [0.05, 0.1) is 6.10 Å². The molecule has 0 aliphatic carbocycles. The molecule has 1 fully saturated rings. The van der Waals surface area contributed by atoms with Gasteiger partial charge >= 0.3 is 0 Å². The molecule has 94 valence electrons. The molecule has 2 unspecified atom stereocenters. The van der Waals surface area contributed by atoms with Crippen molar-refractivity contribution in [3.63, 3.8) is 0 Å². The molecule has 0 spiro atoms. The lowest BCUT2D eigenvalue weighted by Crippen LogP contribution is -2.32. The molecular weight excluding hydrogens is 204 g/mol. The van der Waals surface area contributed by atoms with Gasteiger partial charge in [-0.25, -0.2) is 0 Å². The Morgan fingerprint density at radius 3 is 3.06 bits per heavy atom. The van der Waals surface area contributed by atoms with Crippen molar-refractivity contribution >= 4 is 5.91 Å². The molecule has 0 aromatic rings. The summed E-state index contributed by atoms with van der Waals surface area (Å²) >= 11 is 0. The molecule has 0 saturated carbocycles. The molecule has 4 nitrogen and oxygen atoms in total. The van der Waals surface area contributed by atoms with E-state index in [4.69, 9.17) is 4.74 Å². The lowest BCUT2D eigenvalue weighted by atomic mass is 10.0. The molecule has 0 aromatic carbocycles. The topological polar surface area (TPSA) is 50.4 Å². The maximum atomic E-state index is 11.5. The molecular formula is C12H24N2O2. The standard InChI is InChI=1S/C12H24N2O2/c1-3-16-10(2)8-14-12(15)5-4-11-6-7-13-9-11/h10-11,13H,3-9H2,1-2H3,(H,14,15). The summed E-state index contributed by atoms with van der Waals surface area (Å²) in [6, 6.07) is 0. The zero-order valence-electron chi connectivity index (χ0n) is 10.4. The van der Waals surface area contributed by atoms with Crippen LogP contribution in [0.1, 0.15) is 33.1 Å². The second kappa shape index (κ2) is 7.63. The number of hydrogen-bond acceptors (Lipinski definition) is 3. The van der Waals surface area contributed by atoms with Crippen molar-refractivity contribution < 1.29 is 9.53 Å². The van der Waals surface area contributed by atoms with Gasteiger partial charge in [-0.3, -0.25) is 4.79 Å². The Balaban J connectivity index is 2.01. The number of amides is 1. The van der Waals surface area contributed by atoms with Crippen LogP contribution in [-0.2, 0) is 9.53 Å². The SMILES string of the molecule is CCOC(C)CNC(=O)CCC1CCNC1. The second-order valence-corrected chi connectivity index (χ2v) is 4.47. The van der Waals surface area contributed by atoms with E-state index in [1.54, 1.807) is 0 Å². The highest BCUT2D eigenvalue weighted by Crippen LogP contribution is 2.13. The van der Waals surface area contributed by atoms with Crippen molar-refractivity contribution in [2.45, 2.75) is 39.2 Å². The average Bonchev–Trinajstić information content (AvgIpc) is 2.77. The van der Waals surface area contributed by atoms with Crippen molar-refractivity contribution in [2.75, 3.05) is 26.2 Å². The third-order valence-electron chi connectivity index (χ3n) is 2.98. The minimum absolute atomic E-state index is 0.113. The van der Waals surface area contributed by atoms with Crippen LogP contribution in [-0.4, -0.2) is 38.3 Å². The van der Waals surface area contributed by atoms with Crippen molar-refractivity contribution in [3.8, 4) is 0 Å². The maximum absolute atomic E-state index is 11.5. The third-order valence-corrected chi connectivity index (χ3v) is 2.98. The van der Waals surface area contributed by atoms with Gasteiger partial charge in [-0.05, 0) is 45.7 Å². The van der Waals surface area contributed by atoms with Gasteiger partial charge in [0.25, 0.3) is 0 Å². The smallest absolute Gasteiger partial charge is 0.220 e. The zero-order chi connectivity index (χ0) is 11.8. The van der Waals surface area contributed by atoms with Crippen LogP contribution >= 0.6 is 0 Å². The molecule has 16 heavy (non-hydrogen) atoms. The first-order chi connectivity index (χ1) is 7.72. The summed E-state index contributed by atoms with van der Waals surface area (Å²) in [5, 5.41) is 6.22. The molecule has 1 aliphatic heterocycles. The molecule has 2 atom stereocenters. The number of carbonyl (C=O) groups excluding carboxylic acids is 1. The Morgan fingerprint density at radius 2 is 2.44 bits per heavy atom. The summed E-state index contributed by atoms with van der Waals surface area (Å²) in [6.07, 6.45) is 2.97. The predicted molar refractivity (Wildman–Crippen MR) is 64.3 cm³/mol. The third kappa shape index (κ3) is 5.47. The largest absolute Gasteiger partial charge is 0.377 e. The Labute approximate surface area is 98.1 Å². The molecule has 1 saturated heterocycles.